The molecule has 1 fully saturated rings. The van der Waals surface area contributed by atoms with Crippen molar-refractivity contribution in [2.24, 2.45) is 0 Å². The van der Waals surface area contributed by atoms with E-state index in [2.05, 4.69) is 24.9 Å². The largest absolute Gasteiger partial charge is 0.352 e. The molecule has 6 rings (SSSR count). The van der Waals surface area contributed by atoms with Crippen LogP contribution in [-0.2, 0) is 0 Å². The SMILES string of the molecule is Cc1nc2ccccc2nc1N1CCN(c2ncnc3c2cnn3-c2ccccc2)CC1. The summed E-state index contributed by atoms with van der Waals surface area (Å²) in [6, 6.07) is 18.1. The van der Waals surface area contributed by atoms with Crippen LogP contribution in [0.1, 0.15) is 5.69 Å². The summed E-state index contributed by atoms with van der Waals surface area (Å²) in [5, 5.41) is 5.55. The van der Waals surface area contributed by atoms with Gasteiger partial charge in [0.05, 0.1) is 34.0 Å². The normalized spacial score (nSPS) is 14.4. The number of aryl methyl sites for hydroxylation is 1. The lowest BCUT2D eigenvalue weighted by atomic mass is 10.2. The smallest absolute Gasteiger partial charge is 0.168 e. The summed E-state index contributed by atoms with van der Waals surface area (Å²) in [6.45, 7) is 5.43. The molecule has 4 heterocycles. The summed E-state index contributed by atoms with van der Waals surface area (Å²) >= 11 is 0. The Bertz CT molecular complexity index is 1400. The molecular weight excluding hydrogens is 400 g/mol. The van der Waals surface area contributed by atoms with Gasteiger partial charge in [0.2, 0.25) is 0 Å². The summed E-state index contributed by atoms with van der Waals surface area (Å²) < 4.78 is 1.87. The minimum absolute atomic E-state index is 0.819. The van der Waals surface area contributed by atoms with Crippen molar-refractivity contribution in [1.82, 2.24) is 29.7 Å². The summed E-state index contributed by atoms with van der Waals surface area (Å²) in [7, 11) is 0. The second-order valence-corrected chi connectivity index (χ2v) is 7.92. The number of hydrogen-bond acceptors (Lipinski definition) is 7. The van der Waals surface area contributed by atoms with Crippen LogP contribution in [0.4, 0.5) is 11.6 Å². The maximum Gasteiger partial charge on any atom is 0.168 e. The first-order valence-corrected chi connectivity index (χ1v) is 10.8. The van der Waals surface area contributed by atoms with Crippen molar-refractivity contribution in [3.8, 4) is 5.69 Å². The van der Waals surface area contributed by atoms with Crippen molar-refractivity contribution in [2.75, 3.05) is 36.0 Å². The van der Waals surface area contributed by atoms with Crippen molar-refractivity contribution in [2.45, 2.75) is 6.92 Å². The van der Waals surface area contributed by atoms with Gasteiger partial charge in [0, 0.05) is 26.2 Å². The number of fused-ring (bicyclic) bond motifs is 2. The van der Waals surface area contributed by atoms with Crippen LogP contribution >= 0.6 is 0 Å². The summed E-state index contributed by atoms with van der Waals surface area (Å²) in [6.07, 6.45) is 3.49. The van der Waals surface area contributed by atoms with Gasteiger partial charge >= 0.3 is 0 Å². The maximum atomic E-state index is 4.89. The molecule has 0 radical (unpaired) electrons. The number of para-hydroxylation sites is 3. The molecule has 3 aromatic heterocycles. The number of hydrogen-bond donors (Lipinski definition) is 0. The van der Waals surface area contributed by atoms with E-state index in [0.717, 1.165) is 71.3 Å². The third kappa shape index (κ3) is 3.11. The van der Waals surface area contributed by atoms with Crippen LogP contribution in [0.25, 0.3) is 27.8 Å². The van der Waals surface area contributed by atoms with E-state index in [4.69, 9.17) is 9.97 Å². The number of rotatable bonds is 3. The van der Waals surface area contributed by atoms with Crippen molar-refractivity contribution in [3.63, 3.8) is 0 Å². The monoisotopic (exact) mass is 422 g/mol. The fourth-order valence-electron chi connectivity index (χ4n) is 4.35. The average molecular weight is 422 g/mol. The zero-order valence-electron chi connectivity index (χ0n) is 17.8. The Kier molecular flexibility index (Phi) is 4.41. The van der Waals surface area contributed by atoms with Gasteiger partial charge in [0.1, 0.15) is 12.1 Å². The van der Waals surface area contributed by atoms with Gasteiger partial charge < -0.3 is 9.80 Å². The van der Waals surface area contributed by atoms with E-state index in [-0.39, 0.29) is 0 Å². The molecule has 0 aliphatic carbocycles. The van der Waals surface area contributed by atoms with Gasteiger partial charge in [-0.05, 0) is 31.2 Å². The van der Waals surface area contributed by atoms with Crippen molar-refractivity contribution in [1.29, 1.82) is 0 Å². The first-order chi connectivity index (χ1) is 15.8. The number of anilines is 2. The van der Waals surface area contributed by atoms with E-state index in [0.29, 0.717) is 0 Å². The minimum Gasteiger partial charge on any atom is -0.352 e. The number of aromatic nitrogens is 6. The van der Waals surface area contributed by atoms with Gasteiger partial charge in [0.15, 0.2) is 11.5 Å². The van der Waals surface area contributed by atoms with Gasteiger partial charge in [-0.3, -0.25) is 0 Å². The highest BCUT2D eigenvalue weighted by Crippen LogP contribution is 2.27. The predicted octanol–water partition coefficient (Wildman–Crippen LogP) is 3.39. The second-order valence-electron chi connectivity index (χ2n) is 7.92. The highest BCUT2D eigenvalue weighted by Gasteiger charge is 2.23. The van der Waals surface area contributed by atoms with E-state index in [1.165, 1.54) is 0 Å². The minimum atomic E-state index is 0.819. The van der Waals surface area contributed by atoms with Crippen LogP contribution in [0.15, 0.2) is 67.1 Å². The molecule has 0 bridgehead atoms. The number of nitrogens with zero attached hydrogens (tertiary/aromatic N) is 8. The molecule has 0 atom stereocenters. The van der Waals surface area contributed by atoms with E-state index in [1.807, 2.05) is 72.4 Å². The highest BCUT2D eigenvalue weighted by molar-refractivity contribution is 5.87. The van der Waals surface area contributed by atoms with E-state index in [9.17, 15) is 0 Å². The lowest BCUT2D eigenvalue weighted by Gasteiger charge is -2.36. The fraction of sp³-hybridized carbons (Fsp3) is 0.208. The van der Waals surface area contributed by atoms with Crippen LogP contribution in [0.3, 0.4) is 0 Å². The first kappa shape index (κ1) is 18.7. The summed E-state index contributed by atoms with van der Waals surface area (Å²) in [5.74, 6) is 1.89. The molecule has 0 amide bonds. The van der Waals surface area contributed by atoms with Gasteiger partial charge in [-0.25, -0.2) is 24.6 Å². The third-order valence-electron chi connectivity index (χ3n) is 5.94. The van der Waals surface area contributed by atoms with Crippen molar-refractivity contribution >= 4 is 33.7 Å². The molecule has 2 aromatic carbocycles. The van der Waals surface area contributed by atoms with Crippen molar-refractivity contribution in [3.05, 3.63) is 72.8 Å². The quantitative estimate of drug-likeness (QED) is 0.441. The average Bonchev–Trinajstić information content (AvgIpc) is 3.29. The molecule has 0 unspecified atom stereocenters. The van der Waals surface area contributed by atoms with Crippen LogP contribution < -0.4 is 9.80 Å². The molecule has 0 saturated carbocycles. The molecule has 0 N–H and O–H groups in total. The van der Waals surface area contributed by atoms with Crippen LogP contribution in [0.2, 0.25) is 0 Å². The van der Waals surface area contributed by atoms with Crippen LogP contribution in [-0.4, -0.2) is 55.9 Å². The Balaban J connectivity index is 1.27. The number of piperazine rings is 1. The van der Waals surface area contributed by atoms with E-state index in [1.54, 1.807) is 6.33 Å². The lowest BCUT2D eigenvalue weighted by Crippen LogP contribution is -2.47. The predicted molar refractivity (Wildman–Crippen MR) is 125 cm³/mol. The molecule has 32 heavy (non-hydrogen) atoms. The third-order valence-corrected chi connectivity index (χ3v) is 5.94. The fourth-order valence-corrected chi connectivity index (χ4v) is 4.35. The second kappa shape index (κ2) is 7.56. The zero-order chi connectivity index (χ0) is 21.5. The molecule has 1 aliphatic rings. The maximum absolute atomic E-state index is 4.89. The Hall–Kier alpha value is -4.07. The molecule has 5 aromatic rings. The van der Waals surface area contributed by atoms with Gasteiger partial charge in [-0.2, -0.15) is 5.10 Å². The highest BCUT2D eigenvalue weighted by atomic mass is 15.3. The first-order valence-electron chi connectivity index (χ1n) is 10.8. The van der Waals surface area contributed by atoms with Crippen LogP contribution in [0.5, 0.6) is 0 Å². The molecule has 1 saturated heterocycles. The number of benzene rings is 2. The zero-order valence-corrected chi connectivity index (χ0v) is 17.8. The van der Waals surface area contributed by atoms with E-state index < -0.39 is 0 Å². The van der Waals surface area contributed by atoms with Crippen molar-refractivity contribution < 1.29 is 0 Å². The molecule has 1 aliphatic heterocycles. The van der Waals surface area contributed by atoms with Gasteiger partial charge in [-0.15, -0.1) is 0 Å². The topological polar surface area (TPSA) is 75.9 Å². The Morgan fingerprint density at radius 3 is 2.12 bits per heavy atom. The molecule has 8 heteroatoms. The molecule has 158 valence electrons. The molecule has 8 nitrogen and oxygen atoms in total. The summed E-state index contributed by atoms with van der Waals surface area (Å²) in [5.41, 5.74) is 4.64. The molecule has 0 spiro atoms. The summed E-state index contributed by atoms with van der Waals surface area (Å²) in [4.78, 5) is 23.4. The van der Waals surface area contributed by atoms with Crippen LogP contribution in [0, 0.1) is 6.92 Å². The Morgan fingerprint density at radius 2 is 1.38 bits per heavy atom. The Morgan fingerprint density at radius 1 is 0.719 bits per heavy atom. The van der Waals surface area contributed by atoms with E-state index >= 15 is 0 Å². The van der Waals surface area contributed by atoms with Gasteiger partial charge in [-0.1, -0.05) is 30.3 Å². The lowest BCUT2D eigenvalue weighted by molar-refractivity contribution is 0.641. The Labute approximate surface area is 185 Å². The standard InChI is InChI=1S/C24H22N8/c1-17-22(29-21-10-6-5-9-20(21)28-17)30-11-13-31(14-12-30)23-19-15-27-32(24(19)26-16-25-23)18-7-3-2-4-8-18/h2-10,15-16H,11-14H2,1H3. The molecular formula is C24H22N8. The van der Waals surface area contributed by atoms with Gasteiger partial charge in [0.25, 0.3) is 0 Å².